The summed E-state index contributed by atoms with van der Waals surface area (Å²) in [5, 5.41) is 3.64. The molecule has 2 atom stereocenters. The van der Waals surface area contributed by atoms with Crippen molar-refractivity contribution in [1.29, 1.82) is 0 Å². The minimum Gasteiger partial charge on any atom is -0.496 e. The molecule has 94 valence electrons. The number of hydrogen-bond donors (Lipinski definition) is 1. The van der Waals surface area contributed by atoms with E-state index in [4.69, 9.17) is 4.74 Å². The number of hydrogen-bond acceptors (Lipinski definition) is 2. The van der Waals surface area contributed by atoms with Crippen LogP contribution in [0.15, 0.2) is 12.1 Å². The zero-order valence-electron chi connectivity index (χ0n) is 11.3. The lowest BCUT2D eigenvalue weighted by Gasteiger charge is -2.30. The molecule has 1 heterocycles. The van der Waals surface area contributed by atoms with Crippen molar-refractivity contribution >= 4 is 0 Å². The summed E-state index contributed by atoms with van der Waals surface area (Å²) in [6.45, 7) is 7.73. The average Bonchev–Trinajstić information content (AvgIpc) is 2.30. The van der Waals surface area contributed by atoms with Crippen LogP contribution in [0, 0.1) is 19.8 Å². The van der Waals surface area contributed by atoms with Crippen molar-refractivity contribution in [3.63, 3.8) is 0 Å². The molecule has 1 saturated heterocycles. The quantitative estimate of drug-likeness (QED) is 0.845. The number of ether oxygens (including phenoxy) is 1. The molecule has 0 saturated carbocycles. The van der Waals surface area contributed by atoms with E-state index in [2.05, 4.69) is 38.2 Å². The molecule has 2 nitrogen and oxygen atoms in total. The Balaban J connectivity index is 2.31. The van der Waals surface area contributed by atoms with Gasteiger partial charge in [0.1, 0.15) is 5.75 Å². The molecule has 0 aromatic heterocycles. The van der Waals surface area contributed by atoms with Crippen LogP contribution in [0.3, 0.4) is 0 Å². The standard InChI is InChI=1S/C15H23NO/c1-10-5-6-13(16-9-10)15-12(3)7-11(2)8-14(15)17-4/h7-8,10,13,16H,5-6,9H2,1-4H3. The van der Waals surface area contributed by atoms with E-state index >= 15 is 0 Å². The molecule has 0 amide bonds. The van der Waals surface area contributed by atoms with Crippen molar-refractivity contribution in [3.8, 4) is 5.75 Å². The highest BCUT2D eigenvalue weighted by Gasteiger charge is 2.23. The number of aryl methyl sites for hydroxylation is 2. The summed E-state index contributed by atoms with van der Waals surface area (Å²) in [7, 11) is 1.77. The van der Waals surface area contributed by atoms with Gasteiger partial charge in [0.05, 0.1) is 7.11 Å². The van der Waals surface area contributed by atoms with Crippen LogP contribution in [0.25, 0.3) is 0 Å². The van der Waals surface area contributed by atoms with Crippen LogP contribution in [0.4, 0.5) is 0 Å². The van der Waals surface area contributed by atoms with Gasteiger partial charge in [0.25, 0.3) is 0 Å². The Morgan fingerprint density at radius 3 is 2.59 bits per heavy atom. The van der Waals surface area contributed by atoms with Gasteiger partial charge in [-0.2, -0.15) is 0 Å². The summed E-state index contributed by atoms with van der Waals surface area (Å²) in [6, 6.07) is 4.85. The van der Waals surface area contributed by atoms with Crippen LogP contribution >= 0.6 is 0 Å². The highest BCUT2D eigenvalue weighted by atomic mass is 16.5. The van der Waals surface area contributed by atoms with Crippen molar-refractivity contribution in [3.05, 3.63) is 28.8 Å². The maximum atomic E-state index is 5.55. The molecule has 0 radical (unpaired) electrons. The van der Waals surface area contributed by atoms with Crippen molar-refractivity contribution < 1.29 is 4.74 Å². The maximum Gasteiger partial charge on any atom is 0.124 e. The van der Waals surface area contributed by atoms with Crippen LogP contribution in [0.2, 0.25) is 0 Å². The maximum absolute atomic E-state index is 5.55. The van der Waals surface area contributed by atoms with Gasteiger partial charge in [-0.3, -0.25) is 0 Å². The zero-order chi connectivity index (χ0) is 12.4. The van der Waals surface area contributed by atoms with Crippen molar-refractivity contribution in [2.75, 3.05) is 13.7 Å². The van der Waals surface area contributed by atoms with Gasteiger partial charge < -0.3 is 10.1 Å². The van der Waals surface area contributed by atoms with Crippen LogP contribution in [0.5, 0.6) is 5.75 Å². The first kappa shape index (κ1) is 12.4. The molecular formula is C15H23NO. The molecular weight excluding hydrogens is 210 g/mol. The fourth-order valence-corrected chi connectivity index (χ4v) is 2.80. The van der Waals surface area contributed by atoms with Gasteiger partial charge in [0.15, 0.2) is 0 Å². The third-order valence-corrected chi connectivity index (χ3v) is 3.72. The van der Waals surface area contributed by atoms with Gasteiger partial charge in [-0.25, -0.2) is 0 Å². The lowest BCUT2D eigenvalue weighted by Crippen LogP contribution is -2.32. The summed E-state index contributed by atoms with van der Waals surface area (Å²) >= 11 is 0. The minimum atomic E-state index is 0.460. The largest absolute Gasteiger partial charge is 0.496 e. The topological polar surface area (TPSA) is 21.3 Å². The van der Waals surface area contributed by atoms with Crippen molar-refractivity contribution in [2.24, 2.45) is 5.92 Å². The SMILES string of the molecule is COc1cc(C)cc(C)c1C1CCC(C)CN1. The third-order valence-electron chi connectivity index (χ3n) is 3.72. The number of rotatable bonds is 2. The Morgan fingerprint density at radius 2 is 2.00 bits per heavy atom. The van der Waals surface area contributed by atoms with Crippen LogP contribution < -0.4 is 10.1 Å². The monoisotopic (exact) mass is 233 g/mol. The summed E-state index contributed by atoms with van der Waals surface area (Å²) in [5.41, 5.74) is 3.96. The predicted octanol–water partition coefficient (Wildman–Crippen LogP) is 3.37. The summed E-state index contributed by atoms with van der Waals surface area (Å²) in [5.74, 6) is 1.83. The van der Waals surface area contributed by atoms with Gasteiger partial charge in [0, 0.05) is 11.6 Å². The van der Waals surface area contributed by atoms with Gasteiger partial charge in [-0.1, -0.05) is 13.0 Å². The Morgan fingerprint density at radius 1 is 1.24 bits per heavy atom. The van der Waals surface area contributed by atoms with Gasteiger partial charge in [0.2, 0.25) is 0 Å². The highest BCUT2D eigenvalue weighted by molar-refractivity contribution is 5.45. The lowest BCUT2D eigenvalue weighted by molar-refractivity contribution is 0.321. The zero-order valence-corrected chi connectivity index (χ0v) is 11.3. The molecule has 0 bridgehead atoms. The third kappa shape index (κ3) is 2.63. The van der Waals surface area contributed by atoms with Gasteiger partial charge >= 0.3 is 0 Å². The first-order chi connectivity index (χ1) is 8.11. The summed E-state index contributed by atoms with van der Waals surface area (Å²) in [4.78, 5) is 0. The Labute approximate surface area is 104 Å². The van der Waals surface area contributed by atoms with E-state index in [-0.39, 0.29) is 0 Å². The van der Waals surface area contributed by atoms with Crippen LogP contribution in [0.1, 0.15) is 42.5 Å². The van der Waals surface area contributed by atoms with Crippen molar-refractivity contribution in [2.45, 2.75) is 39.7 Å². The summed E-state index contributed by atoms with van der Waals surface area (Å²) < 4.78 is 5.55. The molecule has 1 aromatic rings. The molecule has 1 aliphatic rings. The van der Waals surface area contributed by atoms with Gasteiger partial charge in [-0.05, 0) is 56.3 Å². The first-order valence-corrected chi connectivity index (χ1v) is 6.50. The molecule has 17 heavy (non-hydrogen) atoms. The molecule has 2 rings (SSSR count). The molecule has 2 heteroatoms. The van der Waals surface area contributed by atoms with Gasteiger partial charge in [-0.15, -0.1) is 0 Å². The molecule has 1 N–H and O–H groups in total. The Bertz CT molecular complexity index is 392. The average molecular weight is 233 g/mol. The predicted molar refractivity (Wildman–Crippen MR) is 71.6 cm³/mol. The van der Waals surface area contributed by atoms with E-state index in [0.29, 0.717) is 6.04 Å². The molecule has 1 aliphatic heterocycles. The van der Waals surface area contributed by atoms with Crippen LogP contribution in [-0.2, 0) is 0 Å². The fraction of sp³-hybridized carbons (Fsp3) is 0.600. The molecule has 0 aliphatic carbocycles. The normalized spacial score (nSPS) is 24.7. The van der Waals surface area contributed by atoms with Crippen molar-refractivity contribution in [1.82, 2.24) is 5.32 Å². The number of piperidine rings is 1. The van der Waals surface area contributed by atoms with E-state index in [1.807, 2.05) is 0 Å². The number of methoxy groups -OCH3 is 1. The fourth-order valence-electron chi connectivity index (χ4n) is 2.80. The van der Waals surface area contributed by atoms with E-state index < -0.39 is 0 Å². The van der Waals surface area contributed by atoms with E-state index in [1.54, 1.807) is 7.11 Å². The molecule has 1 aromatic carbocycles. The highest BCUT2D eigenvalue weighted by Crippen LogP contribution is 2.35. The second-order valence-corrected chi connectivity index (χ2v) is 5.34. The number of nitrogens with one attached hydrogen (secondary N) is 1. The lowest BCUT2D eigenvalue weighted by atomic mass is 9.89. The molecule has 1 fully saturated rings. The van der Waals surface area contributed by atoms with E-state index in [1.165, 1.54) is 29.5 Å². The molecule has 2 unspecified atom stereocenters. The minimum absolute atomic E-state index is 0.460. The first-order valence-electron chi connectivity index (χ1n) is 6.50. The van der Waals surface area contributed by atoms with E-state index in [9.17, 15) is 0 Å². The van der Waals surface area contributed by atoms with Crippen LogP contribution in [-0.4, -0.2) is 13.7 Å². The Kier molecular flexibility index (Phi) is 3.72. The Hall–Kier alpha value is -1.02. The van der Waals surface area contributed by atoms with E-state index in [0.717, 1.165) is 18.2 Å². The second kappa shape index (κ2) is 5.09. The smallest absolute Gasteiger partial charge is 0.124 e. The molecule has 0 spiro atoms. The number of benzene rings is 1. The second-order valence-electron chi connectivity index (χ2n) is 5.34. The summed E-state index contributed by atoms with van der Waals surface area (Å²) in [6.07, 6.45) is 2.51.